The Hall–Kier alpha value is -3.85. The van der Waals surface area contributed by atoms with E-state index in [4.69, 9.17) is 0 Å². The van der Waals surface area contributed by atoms with Crippen molar-refractivity contribution < 1.29 is 13.6 Å². The van der Waals surface area contributed by atoms with Gasteiger partial charge in [-0.15, -0.1) is 0 Å². The molecule has 2 aliphatic rings. The van der Waals surface area contributed by atoms with Crippen LogP contribution in [0.1, 0.15) is 52.4 Å². The van der Waals surface area contributed by atoms with E-state index >= 15 is 0 Å². The Morgan fingerprint density at radius 2 is 1.86 bits per heavy atom. The van der Waals surface area contributed by atoms with Crippen molar-refractivity contribution in [2.24, 2.45) is 0 Å². The number of rotatable bonds is 5. The van der Waals surface area contributed by atoms with Crippen LogP contribution in [-0.2, 0) is 5.54 Å². The number of nitrogens with one attached hydrogen (secondary N) is 2. The summed E-state index contributed by atoms with van der Waals surface area (Å²) in [6.07, 6.45) is 4.40. The molecule has 1 saturated heterocycles. The van der Waals surface area contributed by atoms with Gasteiger partial charge in [-0.2, -0.15) is 5.10 Å². The highest BCUT2D eigenvalue weighted by molar-refractivity contribution is 5.97. The van der Waals surface area contributed by atoms with Gasteiger partial charge in [-0.3, -0.25) is 9.59 Å². The maximum atomic E-state index is 14.2. The zero-order valence-corrected chi connectivity index (χ0v) is 20.6. The molecule has 2 aromatic carbocycles. The van der Waals surface area contributed by atoms with Gasteiger partial charge in [0.25, 0.3) is 11.5 Å². The number of carbonyl (C=O) groups is 1. The number of fused-ring (bicyclic) bond motifs is 1. The Balaban J connectivity index is 1.43. The zero-order chi connectivity index (χ0) is 25.9. The molecular weight excluding hydrogens is 476 g/mol. The second-order valence-corrected chi connectivity index (χ2v) is 10.4. The number of halogens is 2. The van der Waals surface area contributed by atoms with E-state index in [9.17, 15) is 18.4 Å². The molecule has 1 aliphatic carbocycles. The van der Waals surface area contributed by atoms with Crippen LogP contribution in [0.2, 0.25) is 0 Å². The Morgan fingerprint density at radius 1 is 1.14 bits per heavy atom. The predicted molar refractivity (Wildman–Crippen MR) is 136 cm³/mol. The van der Waals surface area contributed by atoms with Crippen LogP contribution in [0, 0.1) is 18.6 Å². The molecule has 1 saturated carbocycles. The lowest BCUT2D eigenvalue weighted by Crippen LogP contribution is -2.66. The number of hydrogen-bond acceptors (Lipinski definition) is 4. The van der Waals surface area contributed by atoms with Gasteiger partial charge >= 0.3 is 0 Å². The number of likely N-dealkylation sites (tertiary alicyclic amines) is 1. The monoisotopic (exact) mass is 503 g/mol. The van der Waals surface area contributed by atoms with Gasteiger partial charge in [-0.1, -0.05) is 30.7 Å². The fourth-order valence-electron chi connectivity index (χ4n) is 5.52. The van der Waals surface area contributed by atoms with Crippen molar-refractivity contribution in [2.45, 2.75) is 37.6 Å². The molecule has 0 spiro atoms. The van der Waals surface area contributed by atoms with E-state index in [1.165, 1.54) is 22.7 Å². The quantitative estimate of drug-likeness (QED) is 0.429. The molecule has 2 N–H and O–H groups in total. The second kappa shape index (κ2) is 8.62. The number of aromatic nitrogens is 3. The summed E-state index contributed by atoms with van der Waals surface area (Å²) < 4.78 is 29.2. The average molecular weight is 504 g/mol. The summed E-state index contributed by atoms with van der Waals surface area (Å²) in [5, 5.41) is 7.74. The van der Waals surface area contributed by atoms with Gasteiger partial charge in [0.1, 0.15) is 17.2 Å². The first-order chi connectivity index (χ1) is 17.7. The molecule has 6 rings (SSSR count). The van der Waals surface area contributed by atoms with Crippen LogP contribution in [0.5, 0.6) is 0 Å². The molecule has 7 nitrogen and oxygen atoms in total. The zero-order valence-electron chi connectivity index (χ0n) is 20.6. The molecular formula is C28H27F2N5O2. The van der Waals surface area contributed by atoms with Crippen LogP contribution in [0.3, 0.4) is 0 Å². The minimum atomic E-state index is -0.677. The number of benzene rings is 2. The molecule has 9 heteroatoms. The third-order valence-corrected chi connectivity index (χ3v) is 7.70. The topological polar surface area (TPSA) is 82.5 Å². The van der Waals surface area contributed by atoms with Gasteiger partial charge in [0.2, 0.25) is 0 Å². The number of hydrogen-bond donors (Lipinski definition) is 2. The maximum absolute atomic E-state index is 14.2. The highest BCUT2D eigenvalue weighted by atomic mass is 19.1. The molecule has 0 radical (unpaired) electrons. The van der Waals surface area contributed by atoms with Crippen LogP contribution >= 0.6 is 0 Å². The molecule has 190 valence electrons. The molecule has 1 amide bonds. The van der Waals surface area contributed by atoms with Crippen LogP contribution in [0.25, 0.3) is 16.8 Å². The van der Waals surface area contributed by atoms with Crippen molar-refractivity contribution in [3.8, 4) is 11.3 Å². The molecule has 3 heterocycles. The number of amides is 1. The lowest BCUT2D eigenvalue weighted by molar-refractivity contribution is 0.0506. The van der Waals surface area contributed by atoms with E-state index in [-0.39, 0.29) is 34.7 Å². The molecule has 2 aromatic heterocycles. The summed E-state index contributed by atoms with van der Waals surface area (Å²) in [6, 6.07) is 10.9. The number of nitrogens with zero attached hydrogens (tertiary/aromatic N) is 3. The standard InChI is InChI=1S/C28H27F2N5O2/c1-16-6-7-18(12-21(16)30)22-13-35-25(27(37)31-22)23(17-4-3-5-17)24(33-35)26(36)32-28(14-34(2)15-28)19-8-10-20(29)11-9-19/h6-13,17H,3-5,14-15H2,1-2H3,(H,31,37)(H,32,36). The SMILES string of the molecule is Cc1ccc(-c2cn3nc(C(=O)NC4(c5ccc(F)cc5)CN(C)C4)c(C4CCC4)c3c(=O)[nH]2)cc1F. The van der Waals surface area contributed by atoms with Gasteiger partial charge in [0.05, 0.1) is 17.4 Å². The van der Waals surface area contributed by atoms with Crippen molar-refractivity contribution >= 4 is 11.4 Å². The first kappa shape index (κ1) is 23.5. The molecule has 0 unspecified atom stereocenters. The minimum Gasteiger partial charge on any atom is -0.338 e. The van der Waals surface area contributed by atoms with E-state index in [2.05, 4.69) is 20.3 Å². The molecule has 4 aromatic rings. The van der Waals surface area contributed by atoms with Gasteiger partial charge in [-0.25, -0.2) is 13.3 Å². The van der Waals surface area contributed by atoms with Gasteiger partial charge in [0, 0.05) is 24.2 Å². The van der Waals surface area contributed by atoms with Crippen LogP contribution in [-0.4, -0.2) is 45.5 Å². The molecule has 0 bridgehead atoms. The minimum absolute atomic E-state index is 0.0628. The summed E-state index contributed by atoms with van der Waals surface area (Å²) in [4.78, 5) is 32.0. The van der Waals surface area contributed by atoms with Crippen LogP contribution in [0.4, 0.5) is 8.78 Å². The number of carbonyl (C=O) groups excluding carboxylic acids is 1. The summed E-state index contributed by atoms with van der Waals surface area (Å²) >= 11 is 0. The van der Waals surface area contributed by atoms with Crippen molar-refractivity contribution in [1.29, 1.82) is 0 Å². The van der Waals surface area contributed by atoms with Crippen LogP contribution < -0.4 is 10.9 Å². The van der Waals surface area contributed by atoms with Crippen molar-refractivity contribution in [3.05, 3.63) is 93.0 Å². The third kappa shape index (κ3) is 3.94. The Kier molecular flexibility index (Phi) is 5.49. The predicted octanol–water partition coefficient (Wildman–Crippen LogP) is 4.11. The highest BCUT2D eigenvalue weighted by Crippen LogP contribution is 2.40. The van der Waals surface area contributed by atoms with E-state index in [1.54, 1.807) is 37.4 Å². The third-order valence-electron chi connectivity index (χ3n) is 7.70. The highest BCUT2D eigenvalue weighted by Gasteiger charge is 2.45. The van der Waals surface area contributed by atoms with Gasteiger partial charge in [0.15, 0.2) is 5.69 Å². The smallest absolute Gasteiger partial charge is 0.274 e. The molecule has 2 fully saturated rings. The summed E-state index contributed by atoms with van der Waals surface area (Å²) in [6.45, 7) is 2.81. The van der Waals surface area contributed by atoms with Crippen molar-refractivity contribution in [1.82, 2.24) is 24.8 Å². The summed E-state index contributed by atoms with van der Waals surface area (Å²) in [7, 11) is 1.95. The fraction of sp³-hybridized carbons (Fsp3) is 0.321. The largest absolute Gasteiger partial charge is 0.338 e. The Morgan fingerprint density at radius 3 is 2.49 bits per heavy atom. The van der Waals surface area contributed by atoms with Crippen molar-refractivity contribution in [2.75, 3.05) is 20.1 Å². The lowest BCUT2D eigenvalue weighted by Gasteiger charge is -2.49. The van der Waals surface area contributed by atoms with E-state index in [1.807, 2.05) is 7.05 Å². The van der Waals surface area contributed by atoms with Crippen molar-refractivity contribution in [3.63, 3.8) is 0 Å². The summed E-state index contributed by atoms with van der Waals surface area (Å²) in [5.74, 6) is -1.02. The van der Waals surface area contributed by atoms with Gasteiger partial charge < -0.3 is 15.2 Å². The molecule has 0 atom stereocenters. The average Bonchev–Trinajstić information content (AvgIpc) is 3.18. The normalized spacial score (nSPS) is 17.4. The molecule has 37 heavy (non-hydrogen) atoms. The Labute approximate surface area is 212 Å². The van der Waals surface area contributed by atoms with Crippen LogP contribution in [0.15, 0.2) is 53.5 Å². The van der Waals surface area contributed by atoms with Gasteiger partial charge in [-0.05, 0) is 62.1 Å². The Bertz CT molecular complexity index is 1580. The van der Waals surface area contributed by atoms with E-state index < -0.39 is 5.54 Å². The first-order valence-corrected chi connectivity index (χ1v) is 12.4. The van der Waals surface area contributed by atoms with E-state index in [0.29, 0.717) is 41.0 Å². The maximum Gasteiger partial charge on any atom is 0.274 e. The lowest BCUT2D eigenvalue weighted by atomic mass is 9.78. The first-order valence-electron chi connectivity index (χ1n) is 12.4. The number of H-pyrrole nitrogens is 1. The number of likely N-dealkylation sites (N-methyl/N-ethyl adjacent to an activating group) is 1. The number of aryl methyl sites for hydroxylation is 1. The number of aromatic amines is 1. The molecule has 1 aliphatic heterocycles. The second-order valence-electron chi connectivity index (χ2n) is 10.4. The fourth-order valence-corrected chi connectivity index (χ4v) is 5.52. The summed E-state index contributed by atoms with van der Waals surface area (Å²) in [5.41, 5.74) is 2.41. The van der Waals surface area contributed by atoms with E-state index in [0.717, 1.165) is 24.8 Å².